The molecule has 0 aromatic heterocycles. The number of carbonyl (C=O) groups is 2. The molecule has 1 aliphatic carbocycles. The number of esters is 1. The number of rotatable bonds is 9. The lowest BCUT2D eigenvalue weighted by atomic mass is 10.1. The van der Waals surface area contributed by atoms with Crippen molar-refractivity contribution < 1.29 is 19.1 Å². The molecule has 0 spiro atoms. The zero-order valence-electron chi connectivity index (χ0n) is 12.2. The number of hydrogen-bond acceptors (Lipinski definition) is 4. The fourth-order valence-corrected chi connectivity index (χ4v) is 2.16. The van der Waals surface area contributed by atoms with E-state index >= 15 is 0 Å². The third kappa shape index (κ3) is 5.59. The van der Waals surface area contributed by atoms with Crippen molar-refractivity contribution in [1.29, 1.82) is 0 Å². The Balaban J connectivity index is 2.43. The minimum Gasteiger partial charge on any atom is -0.466 e. The average Bonchev–Trinajstić information content (AvgIpc) is 3.21. The Morgan fingerprint density at radius 3 is 2.53 bits per heavy atom. The second kappa shape index (κ2) is 8.15. The molecule has 5 nitrogen and oxygen atoms in total. The minimum atomic E-state index is -0.304. The molecule has 0 radical (unpaired) electrons. The van der Waals surface area contributed by atoms with Gasteiger partial charge in [-0.2, -0.15) is 0 Å². The summed E-state index contributed by atoms with van der Waals surface area (Å²) in [5, 5.41) is 0. The van der Waals surface area contributed by atoms with E-state index in [1.807, 2.05) is 4.90 Å². The van der Waals surface area contributed by atoms with E-state index in [2.05, 4.69) is 6.92 Å². The summed E-state index contributed by atoms with van der Waals surface area (Å²) >= 11 is 0. The first-order valence-electron chi connectivity index (χ1n) is 7.04. The summed E-state index contributed by atoms with van der Waals surface area (Å²) in [6, 6.07) is 0.241. The van der Waals surface area contributed by atoms with Gasteiger partial charge in [0, 0.05) is 26.1 Å². The smallest absolute Gasteiger partial charge is 0.306 e. The highest BCUT2D eigenvalue weighted by molar-refractivity contribution is 5.81. The van der Waals surface area contributed by atoms with E-state index in [4.69, 9.17) is 9.47 Å². The van der Waals surface area contributed by atoms with Gasteiger partial charge >= 0.3 is 5.97 Å². The molecular weight excluding hydrogens is 246 g/mol. The molecule has 1 amide bonds. The number of carbonyl (C=O) groups excluding carboxylic acids is 2. The molecule has 1 aliphatic rings. The van der Waals surface area contributed by atoms with E-state index in [0.29, 0.717) is 25.7 Å². The van der Waals surface area contributed by atoms with Gasteiger partial charge in [-0.05, 0) is 32.6 Å². The largest absolute Gasteiger partial charge is 0.466 e. The molecule has 0 aromatic carbocycles. The normalized spacial score (nSPS) is 15.9. The Morgan fingerprint density at radius 1 is 1.32 bits per heavy atom. The molecule has 19 heavy (non-hydrogen) atoms. The van der Waals surface area contributed by atoms with Crippen LogP contribution in [0.4, 0.5) is 0 Å². The minimum absolute atomic E-state index is 0.0181. The van der Waals surface area contributed by atoms with Crippen LogP contribution in [-0.4, -0.2) is 49.7 Å². The summed E-state index contributed by atoms with van der Waals surface area (Å²) in [6.45, 7) is 5.33. The van der Waals surface area contributed by atoms with Crippen molar-refractivity contribution in [2.24, 2.45) is 5.92 Å². The summed E-state index contributed by atoms with van der Waals surface area (Å²) < 4.78 is 9.89. The number of methoxy groups -OCH3 is 1. The van der Waals surface area contributed by atoms with Gasteiger partial charge in [0.2, 0.25) is 5.91 Å². The highest BCUT2D eigenvalue weighted by Gasteiger charge is 2.33. The summed E-state index contributed by atoms with van der Waals surface area (Å²) in [4.78, 5) is 25.3. The Bertz CT molecular complexity index is 302. The van der Waals surface area contributed by atoms with Crippen LogP contribution in [0.3, 0.4) is 0 Å². The average molecular weight is 271 g/mol. The molecule has 5 heteroatoms. The van der Waals surface area contributed by atoms with Gasteiger partial charge in [-0.1, -0.05) is 0 Å². The Labute approximate surface area is 115 Å². The summed E-state index contributed by atoms with van der Waals surface area (Å²) in [7, 11) is 1.63. The Kier molecular flexibility index (Phi) is 6.84. The molecule has 110 valence electrons. The predicted molar refractivity (Wildman–Crippen MR) is 71.6 cm³/mol. The van der Waals surface area contributed by atoms with E-state index in [1.54, 1.807) is 14.0 Å². The van der Waals surface area contributed by atoms with Crippen molar-refractivity contribution in [1.82, 2.24) is 4.90 Å². The van der Waals surface area contributed by atoms with E-state index in [0.717, 1.165) is 0 Å². The van der Waals surface area contributed by atoms with Crippen LogP contribution in [0.5, 0.6) is 0 Å². The lowest BCUT2D eigenvalue weighted by Gasteiger charge is -2.29. The first-order valence-corrected chi connectivity index (χ1v) is 7.04. The van der Waals surface area contributed by atoms with Gasteiger partial charge in [0.25, 0.3) is 0 Å². The van der Waals surface area contributed by atoms with Gasteiger partial charge in [0.05, 0.1) is 19.6 Å². The monoisotopic (exact) mass is 271 g/mol. The van der Waals surface area contributed by atoms with Crippen LogP contribution in [0.25, 0.3) is 0 Å². The molecule has 1 fully saturated rings. The van der Waals surface area contributed by atoms with E-state index in [9.17, 15) is 9.59 Å². The Morgan fingerprint density at radius 2 is 2.00 bits per heavy atom. The molecule has 0 saturated heterocycles. The summed E-state index contributed by atoms with van der Waals surface area (Å²) in [5.41, 5.74) is 0. The summed E-state index contributed by atoms with van der Waals surface area (Å²) in [5.74, 6) is 0.328. The maximum atomic E-state index is 12.2. The van der Waals surface area contributed by atoms with E-state index in [-0.39, 0.29) is 30.8 Å². The molecule has 0 aliphatic heterocycles. The number of nitrogens with zero attached hydrogens (tertiary/aromatic N) is 1. The maximum absolute atomic E-state index is 12.2. The molecule has 0 aromatic rings. The van der Waals surface area contributed by atoms with Gasteiger partial charge in [0.1, 0.15) is 0 Å². The highest BCUT2D eigenvalue weighted by Crippen LogP contribution is 2.35. The van der Waals surface area contributed by atoms with Crippen LogP contribution in [-0.2, 0) is 19.1 Å². The topological polar surface area (TPSA) is 55.8 Å². The SMILES string of the molecule is CCOC(=O)CCC(=O)N(CCOC)C(C)C1CC1. The molecule has 1 rings (SSSR count). The van der Waals surface area contributed by atoms with Gasteiger partial charge < -0.3 is 14.4 Å². The van der Waals surface area contributed by atoms with Crippen molar-refractivity contribution in [3.8, 4) is 0 Å². The highest BCUT2D eigenvalue weighted by atomic mass is 16.5. The molecule has 0 N–H and O–H groups in total. The van der Waals surface area contributed by atoms with Crippen LogP contribution in [0.15, 0.2) is 0 Å². The lowest BCUT2D eigenvalue weighted by Crippen LogP contribution is -2.42. The third-order valence-electron chi connectivity index (χ3n) is 3.50. The molecule has 0 bridgehead atoms. The van der Waals surface area contributed by atoms with Crippen molar-refractivity contribution in [2.75, 3.05) is 26.9 Å². The van der Waals surface area contributed by atoms with Crippen LogP contribution in [0, 0.1) is 5.92 Å². The molecule has 1 atom stereocenters. The third-order valence-corrected chi connectivity index (χ3v) is 3.50. The van der Waals surface area contributed by atoms with Crippen LogP contribution in [0.1, 0.15) is 39.5 Å². The van der Waals surface area contributed by atoms with E-state index < -0.39 is 0 Å². The van der Waals surface area contributed by atoms with Crippen LogP contribution >= 0.6 is 0 Å². The quantitative estimate of drug-likeness (QED) is 0.598. The molecule has 1 unspecified atom stereocenters. The van der Waals surface area contributed by atoms with Gasteiger partial charge in [0.15, 0.2) is 0 Å². The zero-order valence-corrected chi connectivity index (χ0v) is 12.2. The number of hydrogen-bond donors (Lipinski definition) is 0. The first kappa shape index (κ1) is 16.0. The van der Waals surface area contributed by atoms with Gasteiger partial charge in [-0.3, -0.25) is 9.59 Å². The van der Waals surface area contributed by atoms with Crippen LogP contribution < -0.4 is 0 Å². The summed E-state index contributed by atoms with van der Waals surface area (Å²) in [6.07, 6.45) is 2.76. The van der Waals surface area contributed by atoms with Crippen molar-refractivity contribution >= 4 is 11.9 Å². The van der Waals surface area contributed by atoms with Crippen LogP contribution in [0.2, 0.25) is 0 Å². The first-order chi connectivity index (χ1) is 9.10. The standard InChI is InChI=1S/C14H25NO4/c1-4-19-14(17)8-7-13(16)15(9-10-18-3)11(2)12-5-6-12/h11-12H,4-10H2,1-3H3. The molecule has 1 saturated carbocycles. The maximum Gasteiger partial charge on any atom is 0.306 e. The van der Waals surface area contributed by atoms with Crippen molar-refractivity contribution in [3.05, 3.63) is 0 Å². The second-order valence-corrected chi connectivity index (χ2v) is 4.96. The fourth-order valence-electron chi connectivity index (χ4n) is 2.16. The zero-order chi connectivity index (χ0) is 14.3. The van der Waals surface area contributed by atoms with Crippen molar-refractivity contribution in [2.45, 2.75) is 45.6 Å². The molecule has 0 heterocycles. The second-order valence-electron chi connectivity index (χ2n) is 4.96. The van der Waals surface area contributed by atoms with Gasteiger partial charge in [-0.25, -0.2) is 0 Å². The fraction of sp³-hybridized carbons (Fsp3) is 0.857. The number of ether oxygens (including phenoxy) is 2. The number of amides is 1. The Hall–Kier alpha value is -1.10. The van der Waals surface area contributed by atoms with Gasteiger partial charge in [-0.15, -0.1) is 0 Å². The van der Waals surface area contributed by atoms with Crippen molar-refractivity contribution in [3.63, 3.8) is 0 Å². The molecular formula is C14H25NO4. The predicted octanol–water partition coefficient (Wildman–Crippen LogP) is 1.60. The lowest BCUT2D eigenvalue weighted by molar-refractivity contribution is -0.146. The van der Waals surface area contributed by atoms with E-state index in [1.165, 1.54) is 12.8 Å².